The molecule has 4 rings (SSSR count). The summed E-state index contributed by atoms with van der Waals surface area (Å²) in [7, 11) is 0. The Morgan fingerprint density at radius 1 is 0.636 bits per heavy atom. The van der Waals surface area contributed by atoms with E-state index in [0.717, 1.165) is 12.2 Å². The molecule has 0 radical (unpaired) electrons. The fourth-order valence-electron chi connectivity index (χ4n) is 5.37. The molecule has 33 heavy (non-hydrogen) atoms. The smallest absolute Gasteiger partial charge is 0.119 e. The summed E-state index contributed by atoms with van der Waals surface area (Å²) in [5.74, 6) is 0.964. The van der Waals surface area contributed by atoms with Gasteiger partial charge in [-0.1, -0.05) is 76.6 Å². The minimum atomic E-state index is 0.700. The van der Waals surface area contributed by atoms with E-state index in [4.69, 9.17) is 4.74 Å². The largest absolute Gasteiger partial charge is 0.494 e. The van der Waals surface area contributed by atoms with Crippen molar-refractivity contribution in [2.75, 3.05) is 6.61 Å². The molecule has 0 saturated heterocycles. The summed E-state index contributed by atoms with van der Waals surface area (Å²) in [5, 5.41) is 8.19. The Hall–Kier alpha value is -2.54. The third-order valence-corrected chi connectivity index (χ3v) is 7.22. The van der Waals surface area contributed by atoms with Crippen molar-refractivity contribution in [3.05, 3.63) is 65.2 Å². The molecule has 0 unspecified atom stereocenters. The number of unbranched alkanes of at least 4 members (excludes halogenated alkanes) is 6. The summed E-state index contributed by atoms with van der Waals surface area (Å²) in [4.78, 5) is 0. The monoisotopic (exact) mass is 440 g/mol. The molecule has 0 aliphatic heterocycles. The number of ether oxygens (including phenoxy) is 1. The Balaban J connectivity index is 1.66. The van der Waals surface area contributed by atoms with Gasteiger partial charge in [-0.05, 0) is 106 Å². The van der Waals surface area contributed by atoms with Crippen molar-refractivity contribution in [2.24, 2.45) is 0 Å². The van der Waals surface area contributed by atoms with Crippen molar-refractivity contribution < 1.29 is 4.74 Å². The molecule has 174 valence electrons. The van der Waals surface area contributed by atoms with Crippen LogP contribution in [0, 0.1) is 6.92 Å². The highest BCUT2D eigenvalue weighted by molar-refractivity contribution is 6.10. The van der Waals surface area contributed by atoms with Crippen LogP contribution in [0.25, 0.3) is 32.3 Å². The van der Waals surface area contributed by atoms with Gasteiger partial charge in [-0.3, -0.25) is 0 Å². The molecule has 0 fully saturated rings. The maximum Gasteiger partial charge on any atom is 0.119 e. The highest BCUT2D eigenvalue weighted by atomic mass is 16.5. The lowest BCUT2D eigenvalue weighted by molar-refractivity contribution is 0.340. The first-order chi connectivity index (χ1) is 16.2. The van der Waals surface area contributed by atoms with E-state index in [1.54, 1.807) is 0 Å². The number of benzene rings is 4. The van der Waals surface area contributed by atoms with E-state index in [1.807, 2.05) is 6.92 Å². The number of hydrogen-bond acceptors (Lipinski definition) is 1. The fourth-order valence-corrected chi connectivity index (χ4v) is 5.37. The zero-order chi connectivity index (χ0) is 23.2. The second kappa shape index (κ2) is 11.1. The minimum absolute atomic E-state index is 0.700. The van der Waals surface area contributed by atoms with Crippen molar-refractivity contribution in [2.45, 2.75) is 85.5 Å². The van der Waals surface area contributed by atoms with E-state index >= 15 is 0 Å². The first-order valence-electron chi connectivity index (χ1n) is 13.2. The van der Waals surface area contributed by atoms with Crippen molar-refractivity contribution in [3.8, 4) is 5.75 Å². The van der Waals surface area contributed by atoms with Gasteiger partial charge in [0.1, 0.15) is 5.75 Å². The molecule has 4 aromatic rings. The van der Waals surface area contributed by atoms with Gasteiger partial charge in [0.2, 0.25) is 0 Å². The third-order valence-electron chi connectivity index (χ3n) is 7.22. The molecule has 1 nitrogen and oxygen atoms in total. The van der Waals surface area contributed by atoms with Crippen LogP contribution in [0.5, 0.6) is 5.75 Å². The summed E-state index contributed by atoms with van der Waals surface area (Å²) >= 11 is 0. The Morgan fingerprint density at radius 3 is 2.09 bits per heavy atom. The van der Waals surface area contributed by atoms with Gasteiger partial charge in [-0.15, -0.1) is 0 Å². The maximum absolute atomic E-state index is 5.80. The second-order valence-corrected chi connectivity index (χ2v) is 9.55. The number of fused-ring (bicyclic) bond motifs is 3. The molecule has 0 bridgehead atoms. The lowest BCUT2D eigenvalue weighted by atomic mass is 9.89. The molecule has 0 N–H and O–H groups in total. The SMILES string of the molecule is CCCCCCCCCc1ccc2cc3c(CC)c4cc(OCC)ccc4cc3c(C)c2c1. The van der Waals surface area contributed by atoms with E-state index in [1.165, 1.54) is 100 Å². The summed E-state index contributed by atoms with van der Waals surface area (Å²) in [6.07, 6.45) is 11.8. The van der Waals surface area contributed by atoms with E-state index in [2.05, 4.69) is 69.3 Å². The minimum Gasteiger partial charge on any atom is -0.494 e. The number of aryl methyl sites for hydroxylation is 3. The summed E-state index contributed by atoms with van der Waals surface area (Å²) in [5.41, 5.74) is 4.33. The Labute approximate surface area is 200 Å². The molecule has 0 aliphatic rings. The molecule has 0 atom stereocenters. The molecule has 0 amide bonds. The molecular weight excluding hydrogens is 400 g/mol. The van der Waals surface area contributed by atoms with Crippen LogP contribution < -0.4 is 4.74 Å². The van der Waals surface area contributed by atoms with Gasteiger partial charge in [0.15, 0.2) is 0 Å². The summed E-state index contributed by atoms with van der Waals surface area (Å²) in [6.45, 7) is 9.61. The zero-order valence-electron chi connectivity index (χ0n) is 21.1. The molecule has 4 aromatic carbocycles. The standard InChI is InChI=1S/C32H40O/c1-5-8-9-10-11-12-13-14-24-15-16-25-21-32-28(6-2)31-22-27(33-7-3)18-17-26(31)20-30(32)23(4)29(25)19-24/h15-22H,5-14H2,1-4H3. The van der Waals surface area contributed by atoms with Crippen molar-refractivity contribution >= 4 is 32.3 Å². The topological polar surface area (TPSA) is 9.23 Å². The van der Waals surface area contributed by atoms with E-state index in [-0.39, 0.29) is 0 Å². The van der Waals surface area contributed by atoms with Gasteiger partial charge in [-0.2, -0.15) is 0 Å². The van der Waals surface area contributed by atoms with E-state index in [0.29, 0.717) is 6.61 Å². The molecule has 0 spiro atoms. The summed E-state index contributed by atoms with van der Waals surface area (Å²) < 4.78 is 5.80. The van der Waals surface area contributed by atoms with E-state index in [9.17, 15) is 0 Å². The number of rotatable bonds is 11. The normalized spacial score (nSPS) is 11.6. The average Bonchev–Trinajstić information content (AvgIpc) is 2.83. The van der Waals surface area contributed by atoms with Crippen LogP contribution in [-0.2, 0) is 12.8 Å². The first-order valence-corrected chi connectivity index (χ1v) is 13.2. The maximum atomic E-state index is 5.80. The van der Waals surface area contributed by atoms with Crippen LogP contribution >= 0.6 is 0 Å². The predicted octanol–water partition coefficient (Wildman–Crippen LogP) is 9.71. The predicted molar refractivity (Wildman–Crippen MR) is 146 cm³/mol. The second-order valence-electron chi connectivity index (χ2n) is 9.55. The van der Waals surface area contributed by atoms with Crippen LogP contribution in [0.4, 0.5) is 0 Å². The van der Waals surface area contributed by atoms with Crippen LogP contribution in [0.15, 0.2) is 48.5 Å². The van der Waals surface area contributed by atoms with Gasteiger partial charge in [0.25, 0.3) is 0 Å². The van der Waals surface area contributed by atoms with Gasteiger partial charge in [0.05, 0.1) is 6.61 Å². The zero-order valence-corrected chi connectivity index (χ0v) is 21.1. The van der Waals surface area contributed by atoms with Crippen LogP contribution in [0.3, 0.4) is 0 Å². The first kappa shape index (κ1) is 23.6. The quantitative estimate of drug-likeness (QED) is 0.166. The highest BCUT2D eigenvalue weighted by Crippen LogP contribution is 2.36. The Bertz CT molecular complexity index is 1230. The fraction of sp³-hybridized carbons (Fsp3) is 0.438. The van der Waals surface area contributed by atoms with Crippen LogP contribution in [0.1, 0.15) is 82.4 Å². The molecular formula is C32H40O. The van der Waals surface area contributed by atoms with Crippen LogP contribution in [0.2, 0.25) is 0 Å². The molecule has 0 aromatic heterocycles. The third kappa shape index (κ3) is 5.18. The molecule has 0 saturated carbocycles. The van der Waals surface area contributed by atoms with Gasteiger partial charge in [0, 0.05) is 0 Å². The highest BCUT2D eigenvalue weighted by Gasteiger charge is 2.12. The lowest BCUT2D eigenvalue weighted by Crippen LogP contribution is -1.95. The summed E-state index contributed by atoms with van der Waals surface area (Å²) in [6, 6.07) is 18.5. The average molecular weight is 441 g/mol. The van der Waals surface area contributed by atoms with Crippen molar-refractivity contribution in [1.29, 1.82) is 0 Å². The van der Waals surface area contributed by atoms with E-state index < -0.39 is 0 Å². The van der Waals surface area contributed by atoms with Crippen molar-refractivity contribution in [1.82, 2.24) is 0 Å². The molecule has 0 heterocycles. The lowest BCUT2D eigenvalue weighted by Gasteiger charge is -2.16. The molecule has 1 heteroatoms. The van der Waals surface area contributed by atoms with Crippen LogP contribution in [-0.4, -0.2) is 6.61 Å². The van der Waals surface area contributed by atoms with Gasteiger partial charge < -0.3 is 4.74 Å². The van der Waals surface area contributed by atoms with Gasteiger partial charge >= 0.3 is 0 Å². The Morgan fingerprint density at radius 2 is 1.33 bits per heavy atom. The van der Waals surface area contributed by atoms with Crippen molar-refractivity contribution in [3.63, 3.8) is 0 Å². The number of hydrogen-bond donors (Lipinski definition) is 0. The molecule has 0 aliphatic carbocycles. The van der Waals surface area contributed by atoms with Gasteiger partial charge in [-0.25, -0.2) is 0 Å². The Kier molecular flexibility index (Phi) is 7.91.